The number of thioether (sulfide) groups is 1. The van der Waals surface area contributed by atoms with E-state index in [2.05, 4.69) is 5.32 Å². The minimum Gasteiger partial charge on any atom is -0.380 e. The highest BCUT2D eigenvalue weighted by molar-refractivity contribution is 7.98. The molecule has 3 N–H and O–H groups in total. The second-order valence-electron chi connectivity index (χ2n) is 3.70. The smallest absolute Gasteiger partial charge is 0.227 e. The Bertz CT molecular complexity index is 415. The summed E-state index contributed by atoms with van der Waals surface area (Å²) < 4.78 is 5.05. The number of amides is 1. The molecule has 1 unspecified atom stereocenters. The molecule has 0 bridgehead atoms. The van der Waals surface area contributed by atoms with E-state index >= 15 is 0 Å². The second kappa shape index (κ2) is 9.44. The summed E-state index contributed by atoms with van der Waals surface area (Å²) >= 11 is 7.62. The summed E-state index contributed by atoms with van der Waals surface area (Å²) in [4.78, 5) is 12.7. The van der Waals surface area contributed by atoms with Crippen LogP contribution in [0.5, 0.6) is 0 Å². The molecule has 1 rings (SSSR count). The first-order valence-corrected chi connectivity index (χ1v) is 7.07. The minimum absolute atomic E-state index is 0. The summed E-state index contributed by atoms with van der Waals surface area (Å²) in [5, 5.41) is 3.39. The molecule has 1 aromatic rings. The Morgan fingerprint density at radius 1 is 1.58 bits per heavy atom. The topological polar surface area (TPSA) is 64.3 Å². The minimum atomic E-state index is -0.258. The molecular weight excluding hydrogens is 307 g/mol. The fraction of sp³-hybridized carbons (Fsp3) is 0.417. The monoisotopic (exact) mass is 324 g/mol. The van der Waals surface area contributed by atoms with E-state index in [0.717, 1.165) is 4.90 Å². The maximum absolute atomic E-state index is 11.7. The molecule has 0 radical (unpaired) electrons. The molecule has 0 aliphatic carbocycles. The number of halogens is 2. The van der Waals surface area contributed by atoms with Gasteiger partial charge in [0, 0.05) is 24.2 Å². The quantitative estimate of drug-likeness (QED) is 0.790. The Morgan fingerprint density at radius 2 is 2.26 bits per heavy atom. The number of carbonyl (C=O) groups excluding carboxylic acids is 1. The van der Waals surface area contributed by atoms with Crippen LogP contribution in [-0.2, 0) is 9.53 Å². The molecule has 0 saturated heterocycles. The van der Waals surface area contributed by atoms with Crippen LogP contribution in [0.25, 0.3) is 0 Å². The molecule has 19 heavy (non-hydrogen) atoms. The van der Waals surface area contributed by atoms with Crippen LogP contribution in [0.3, 0.4) is 0 Å². The van der Waals surface area contributed by atoms with Gasteiger partial charge in [0.25, 0.3) is 0 Å². The van der Waals surface area contributed by atoms with Crippen molar-refractivity contribution in [3.63, 3.8) is 0 Å². The molecule has 0 aliphatic rings. The van der Waals surface area contributed by atoms with Crippen LogP contribution in [-0.4, -0.2) is 31.9 Å². The molecule has 108 valence electrons. The SMILES string of the molecule is COC(CN)CC(=O)Nc1ccc(SC)c(Cl)c1.Cl. The zero-order chi connectivity index (χ0) is 13.5. The summed E-state index contributed by atoms with van der Waals surface area (Å²) in [6.07, 6.45) is 1.92. The fourth-order valence-electron chi connectivity index (χ4n) is 1.43. The molecule has 0 aromatic heterocycles. The number of rotatable bonds is 6. The van der Waals surface area contributed by atoms with Gasteiger partial charge in [0.15, 0.2) is 0 Å². The van der Waals surface area contributed by atoms with Gasteiger partial charge in [-0.1, -0.05) is 11.6 Å². The van der Waals surface area contributed by atoms with E-state index in [-0.39, 0.29) is 30.8 Å². The average molecular weight is 325 g/mol. The Balaban J connectivity index is 0.00000324. The maximum atomic E-state index is 11.7. The zero-order valence-corrected chi connectivity index (χ0v) is 13.2. The van der Waals surface area contributed by atoms with Crippen LogP contribution < -0.4 is 11.1 Å². The molecule has 4 nitrogen and oxygen atoms in total. The third-order valence-electron chi connectivity index (χ3n) is 2.44. The third kappa shape index (κ3) is 6.01. The van der Waals surface area contributed by atoms with Gasteiger partial charge in [-0.3, -0.25) is 4.79 Å². The van der Waals surface area contributed by atoms with Gasteiger partial charge in [0.05, 0.1) is 17.5 Å². The molecule has 1 aromatic carbocycles. The van der Waals surface area contributed by atoms with Crippen LogP contribution in [0, 0.1) is 0 Å². The molecule has 0 aliphatic heterocycles. The number of nitrogens with one attached hydrogen (secondary N) is 1. The molecule has 0 saturated carbocycles. The van der Waals surface area contributed by atoms with Crippen molar-refractivity contribution in [3.05, 3.63) is 23.2 Å². The van der Waals surface area contributed by atoms with Gasteiger partial charge in [-0.25, -0.2) is 0 Å². The number of nitrogens with two attached hydrogens (primary N) is 1. The van der Waals surface area contributed by atoms with Gasteiger partial charge < -0.3 is 15.8 Å². The molecule has 0 fully saturated rings. The standard InChI is InChI=1S/C12H17ClN2O2S.ClH/c1-17-9(7-14)6-12(16)15-8-3-4-11(18-2)10(13)5-8;/h3-5,9H,6-7,14H2,1-2H3,(H,15,16);1H. The Kier molecular flexibility index (Phi) is 9.22. The largest absolute Gasteiger partial charge is 0.380 e. The maximum Gasteiger partial charge on any atom is 0.227 e. The lowest BCUT2D eigenvalue weighted by Crippen LogP contribution is -2.28. The average Bonchev–Trinajstić information content (AvgIpc) is 2.36. The normalized spacial score (nSPS) is 11.6. The summed E-state index contributed by atoms with van der Waals surface area (Å²) in [5.41, 5.74) is 6.13. The van der Waals surface area contributed by atoms with E-state index in [1.807, 2.05) is 18.4 Å². The Morgan fingerprint density at radius 3 is 2.74 bits per heavy atom. The number of methoxy groups -OCH3 is 1. The van der Waals surface area contributed by atoms with E-state index in [0.29, 0.717) is 17.3 Å². The number of carbonyl (C=O) groups is 1. The first-order valence-electron chi connectivity index (χ1n) is 5.47. The lowest BCUT2D eigenvalue weighted by molar-refractivity contribution is -0.118. The summed E-state index contributed by atoms with van der Waals surface area (Å²) in [6.45, 7) is 0.316. The van der Waals surface area contributed by atoms with E-state index in [9.17, 15) is 4.79 Å². The molecule has 1 amide bonds. The van der Waals surface area contributed by atoms with Gasteiger partial charge in [-0.05, 0) is 24.5 Å². The van der Waals surface area contributed by atoms with Crippen molar-refractivity contribution in [2.75, 3.05) is 25.2 Å². The number of hydrogen-bond acceptors (Lipinski definition) is 4. The Hall–Kier alpha value is -0.460. The van der Waals surface area contributed by atoms with Crippen molar-refractivity contribution in [3.8, 4) is 0 Å². The van der Waals surface area contributed by atoms with E-state index in [1.54, 1.807) is 17.8 Å². The first kappa shape index (κ1) is 18.5. The highest BCUT2D eigenvalue weighted by Crippen LogP contribution is 2.27. The van der Waals surface area contributed by atoms with Crippen LogP contribution in [0.2, 0.25) is 5.02 Å². The van der Waals surface area contributed by atoms with Gasteiger partial charge >= 0.3 is 0 Å². The van der Waals surface area contributed by atoms with Crippen LogP contribution in [0.15, 0.2) is 23.1 Å². The predicted octanol–water partition coefficient (Wildman–Crippen LogP) is 2.79. The van der Waals surface area contributed by atoms with E-state index in [4.69, 9.17) is 22.1 Å². The van der Waals surface area contributed by atoms with Crippen molar-refractivity contribution >= 4 is 47.4 Å². The van der Waals surface area contributed by atoms with Crippen LogP contribution in [0.4, 0.5) is 5.69 Å². The number of ether oxygens (including phenoxy) is 1. The van der Waals surface area contributed by atoms with Crippen LogP contribution >= 0.6 is 35.8 Å². The van der Waals surface area contributed by atoms with Crippen molar-refractivity contribution in [1.82, 2.24) is 0 Å². The second-order valence-corrected chi connectivity index (χ2v) is 4.95. The highest BCUT2D eigenvalue weighted by Gasteiger charge is 2.12. The first-order chi connectivity index (χ1) is 8.60. The van der Waals surface area contributed by atoms with Crippen molar-refractivity contribution < 1.29 is 9.53 Å². The van der Waals surface area contributed by atoms with Gasteiger partial charge in [0.1, 0.15) is 0 Å². The molecular formula is C12H18Cl2N2O2S. The summed E-state index contributed by atoms with van der Waals surface area (Å²) in [7, 11) is 1.54. The molecule has 1 atom stereocenters. The van der Waals surface area contributed by atoms with Gasteiger partial charge in [0.2, 0.25) is 5.91 Å². The fourth-order valence-corrected chi connectivity index (χ4v) is 2.30. The van der Waals surface area contributed by atoms with Crippen molar-refractivity contribution in [2.24, 2.45) is 5.73 Å². The van der Waals surface area contributed by atoms with Gasteiger partial charge in [-0.15, -0.1) is 24.2 Å². The van der Waals surface area contributed by atoms with E-state index < -0.39 is 0 Å². The Labute approximate surface area is 128 Å². The lowest BCUT2D eigenvalue weighted by Gasteiger charge is -2.13. The summed E-state index contributed by atoms with van der Waals surface area (Å²) in [5.74, 6) is -0.139. The van der Waals surface area contributed by atoms with Crippen molar-refractivity contribution in [2.45, 2.75) is 17.4 Å². The van der Waals surface area contributed by atoms with E-state index in [1.165, 1.54) is 7.11 Å². The van der Waals surface area contributed by atoms with Crippen LogP contribution in [0.1, 0.15) is 6.42 Å². The van der Waals surface area contributed by atoms with Gasteiger partial charge in [-0.2, -0.15) is 0 Å². The zero-order valence-electron chi connectivity index (χ0n) is 10.8. The molecule has 0 heterocycles. The number of hydrogen-bond donors (Lipinski definition) is 2. The molecule has 7 heteroatoms. The number of benzene rings is 1. The summed E-state index contributed by atoms with van der Waals surface area (Å²) in [6, 6.07) is 5.43. The van der Waals surface area contributed by atoms with Crippen molar-refractivity contribution in [1.29, 1.82) is 0 Å². The predicted molar refractivity (Wildman–Crippen MR) is 83.6 cm³/mol. The molecule has 0 spiro atoms. The third-order valence-corrected chi connectivity index (χ3v) is 3.67. The highest BCUT2D eigenvalue weighted by atomic mass is 35.5. The number of anilines is 1. The lowest BCUT2D eigenvalue weighted by atomic mass is 10.2.